The van der Waals surface area contributed by atoms with E-state index in [-0.39, 0.29) is 11.3 Å². The van der Waals surface area contributed by atoms with Gasteiger partial charge in [0.05, 0.1) is 18.4 Å². The van der Waals surface area contributed by atoms with Crippen molar-refractivity contribution in [3.8, 4) is 5.69 Å². The predicted molar refractivity (Wildman–Crippen MR) is 122 cm³/mol. The maximum absolute atomic E-state index is 13.3. The van der Waals surface area contributed by atoms with E-state index in [9.17, 15) is 23.6 Å². The Morgan fingerprint density at radius 2 is 1.59 bits per heavy atom. The second-order valence-electron chi connectivity index (χ2n) is 7.63. The first-order chi connectivity index (χ1) is 16.2. The largest absolute Gasteiger partial charge is 0.465 e. The number of esters is 1. The van der Waals surface area contributed by atoms with Gasteiger partial charge in [-0.15, -0.1) is 0 Å². The zero-order valence-electron chi connectivity index (χ0n) is 18.6. The van der Waals surface area contributed by atoms with Crippen LogP contribution in [0.4, 0.5) is 14.9 Å². The number of aromatic nitrogens is 1. The molecule has 1 aliphatic heterocycles. The van der Waals surface area contributed by atoms with Crippen molar-refractivity contribution >= 4 is 35.6 Å². The van der Waals surface area contributed by atoms with Gasteiger partial charge in [0.25, 0.3) is 11.8 Å². The van der Waals surface area contributed by atoms with Crippen LogP contribution in [0.15, 0.2) is 60.2 Å². The number of hydrogen-bond donors (Lipinski definition) is 1. The highest BCUT2D eigenvalue weighted by Gasteiger charge is 2.37. The lowest BCUT2D eigenvalue weighted by molar-refractivity contribution is -0.122. The van der Waals surface area contributed by atoms with E-state index in [1.165, 1.54) is 25.3 Å². The van der Waals surface area contributed by atoms with E-state index in [0.29, 0.717) is 11.1 Å². The smallest absolute Gasteiger partial charge is 0.337 e. The fraction of sp³-hybridized carbons (Fsp3) is 0.120. The molecule has 34 heavy (non-hydrogen) atoms. The third kappa shape index (κ3) is 3.99. The van der Waals surface area contributed by atoms with Crippen molar-refractivity contribution in [3.63, 3.8) is 0 Å². The van der Waals surface area contributed by atoms with E-state index in [1.54, 1.807) is 30.3 Å². The summed E-state index contributed by atoms with van der Waals surface area (Å²) < 4.78 is 19.9. The number of nitrogens with one attached hydrogen (secondary N) is 1. The molecular formula is C25H20FN3O5. The van der Waals surface area contributed by atoms with Gasteiger partial charge in [-0.2, -0.15) is 0 Å². The molecule has 0 unspecified atom stereocenters. The van der Waals surface area contributed by atoms with Crippen molar-refractivity contribution in [2.24, 2.45) is 0 Å². The second kappa shape index (κ2) is 8.78. The number of carbonyl (C=O) groups excluding carboxylic acids is 4. The number of rotatable bonds is 4. The van der Waals surface area contributed by atoms with Gasteiger partial charge in [-0.25, -0.2) is 18.9 Å². The Morgan fingerprint density at radius 1 is 0.971 bits per heavy atom. The standard InChI is InChI=1S/C25H20FN3O5/c1-14-12-17(15(2)28(14)19-8-4-16(5-9-19)24(32)34-3)13-21-22(30)27-25(33)29(23(21)31)20-10-6-18(26)7-11-20/h4-13H,1-3H3,(H,27,30,33). The van der Waals surface area contributed by atoms with Gasteiger partial charge in [-0.1, -0.05) is 0 Å². The molecule has 0 atom stereocenters. The van der Waals surface area contributed by atoms with Gasteiger partial charge in [-0.05, 0) is 80.1 Å². The summed E-state index contributed by atoms with van der Waals surface area (Å²) in [5, 5.41) is 2.15. The summed E-state index contributed by atoms with van der Waals surface area (Å²) in [5.41, 5.74) is 3.25. The number of amides is 4. The summed E-state index contributed by atoms with van der Waals surface area (Å²) in [7, 11) is 1.31. The van der Waals surface area contributed by atoms with Gasteiger partial charge in [-0.3, -0.25) is 14.9 Å². The van der Waals surface area contributed by atoms with Gasteiger partial charge < -0.3 is 9.30 Å². The van der Waals surface area contributed by atoms with E-state index in [1.807, 2.05) is 18.4 Å². The molecule has 1 fully saturated rings. The number of urea groups is 1. The topological polar surface area (TPSA) is 97.7 Å². The van der Waals surface area contributed by atoms with Crippen LogP contribution in [0.1, 0.15) is 27.3 Å². The quantitative estimate of drug-likeness (QED) is 0.363. The Labute approximate surface area is 194 Å². The molecule has 1 aromatic heterocycles. The number of methoxy groups -OCH3 is 1. The Hall–Kier alpha value is -4.53. The van der Waals surface area contributed by atoms with Crippen molar-refractivity contribution in [1.29, 1.82) is 0 Å². The van der Waals surface area contributed by atoms with Gasteiger partial charge in [0.2, 0.25) is 0 Å². The van der Waals surface area contributed by atoms with Crippen LogP contribution in [0.5, 0.6) is 0 Å². The lowest BCUT2D eigenvalue weighted by atomic mass is 10.1. The van der Waals surface area contributed by atoms with E-state index in [4.69, 9.17) is 4.74 Å². The number of benzene rings is 2. The number of imide groups is 2. The zero-order chi connectivity index (χ0) is 24.6. The molecule has 172 valence electrons. The third-order valence-electron chi connectivity index (χ3n) is 5.50. The van der Waals surface area contributed by atoms with Crippen LogP contribution in [0.3, 0.4) is 0 Å². The van der Waals surface area contributed by atoms with Gasteiger partial charge >= 0.3 is 12.0 Å². The maximum atomic E-state index is 13.3. The number of ether oxygens (including phenoxy) is 1. The van der Waals surface area contributed by atoms with Crippen molar-refractivity contribution in [2.75, 3.05) is 12.0 Å². The first-order valence-corrected chi connectivity index (χ1v) is 10.3. The minimum absolute atomic E-state index is 0.137. The Bertz CT molecular complexity index is 1350. The lowest BCUT2D eigenvalue weighted by Gasteiger charge is -2.26. The van der Waals surface area contributed by atoms with Crippen LogP contribution in [0, 0.1) is 19.7 Å². The number of halogens is 1. The molecule has 8 nitrogen and oxygen atoms in total. The Balaban J connectivity index is 1.71. The normalized spacial score (nSPS) is 15.0. The molecule has 1 N–H and O–H groups in total. The second-order valence-corrected chi connectivity index (χ2v) is 7.63. The maximum Gasteiger partial charge on any atom is 0.337 e. The van der Waals surface area contributed by atoms with E-state index in [2.05, 4.69) is 5.32 Å². The fourth-order valence-electron chi connectivity index (χ4n) is 3.83. The molecule has 2 heterocycles. The molecular weight excluding hydrogens is 441 g/mol. The molecule has 0 aliphatic carbocycles. The van der Waals surface area contributed by atoms with E-state index in [0.717, 1.165) is 34.1 Å². The highest BCUT2D eigenvalue weighted by molar-refractivity contribution is 6.39. The average Bonchev–Trinajstić information content (AvgIpc) is 3.10. The molecule has 0 saturated carbocycles. The van der Waals surface area contributed by atoms with Crippen LogP contribution < -0.4 is 10.2 Å². The van der Waals surface area contributed by atoms with Crippen molar-refractivity contribution in [2.45, 2.75) is 13.8 Å². The van der Waals surface area contributed by atoms with Crippen LogP contribution in [-0.4, -0.2) is 35.5 Å². The van der Waals surface area contributed by atoms with E-state index < -0.39 is 29.6 Å². The number of anilines is 1. The summed E-state index contributed by atoms with van der Waals surface area (Å²) in [6.07, 6.45) is 1.42. The highest BCUT2D eigenvalue weighted by atomic mass is 19.1. The molecule has 3 aromatic rings. The molecule has 0 radical (unpaired) electrons. The summed E-state index contributed by atoms with van der Waals surface area (Å²) in [5.74, 6) is -2.60. The highest BCUT2D eigenvalue weighted by Crippen LogP contribution is 2.26. The fourth-order valence-corrected chi connectivity index (χ4v) is 3.83. The molecule has 2 aromatic carbocycles. The zero-order valence-corrected chi connectivity index (χ0v) is 18.6. The minimum atomic E-state index is -0.907. The van der Waals surface area contributed by atoms with Crippen molar-refractivity contribution in [1.82, 2.24) is 9.88 Å². The molecule has 4 amide bonds. The van der Waals surface area contributed by atoms with Gasteiger partial charge in [0, 0.05) is 17.1 Å². The molecule has 0 spiro atoms. The minimum Gasteiger partial charge on any atom is -0.465 e. The third-order valence-corrected chi connectivity index (χ3v) is 5.50. The molecule has 4 rings (SSSR count). The summed E-state index contributed by atoms with van der Waals surface area (Å²) in [4.78, 5) is 50.4. The predicted octanol–water partition coefficient (Wildman–Crippen LogP) is 3.69. The summed E-state index contributed by atoms with van der Waals surface area (Å²) in [6, 6.07) is 12.5. The SMILES string of the molecule is COC(=O)c1ccc(-n2c(C)cc(C=C3C(=O)NC(=O)N(c4ccc(F)cc4)C3=O)c2C)cc1. The van der Waals surface area contributed by atoms with Crippen molar-refractivity contribution < 1.29 is 28.3 Å². The van der Waals surface area contributed by atoms with Crippen molar-refractivity contribution in [3.05, 3.63) is 88.5 Å². The van der Waals surface area contributed by atoms with Gasteiger partial charge in [0.15, 0.2) is 0 Å². The first kappa shape index (κ1) is 22.7. The van der Waals surface area contributed by atoms with Gasteiger partial charge in [0.1, 0.15) is 11.4 Å². The average molecular weight is 461 g/mol. The molecule has 1 aliphatic rings. The Morgan fingerprint density at radius 3 is 2.21 bits per heavy atom. The van der Waals surface area contributed by atoms with Crippen LogP contribution >= 0.6 is 0 Å². The van der Waals surface area contributed by atoms with Crippen LogP contribution in [-0.2, 0) is 14.3 Å². The van der Waals surface area contributed by atoms with Crippen LogP contribution in [0.25, 0.3) is 11.8 Å². The van der Waals surface area contributed by atoms with E-state index >= 15 is 0 Å². The molecule has 1 saturated heterocycles. The monoisotopic (exact) mass is 461 g/mol. The molecule has 0 bridgehead atoms. The number of barbiturate groups is 1. The number of nitrogens with zero attached hydrogens (tertiary/aromatic N) is 2. The summed E-state index contributed by atoms with van der Waals surface area (Å²) >= 11 is 0. The van der Waals surface area contributed by atoms with Crippen LogP contribution in [0.2, 0.25) is 0 Å². The number of hydrogen-bond acceptors (Lipinski definition) is 5. The Kier molecular flexibility index (Phi) is 5.85. The molecule has 9 heteroatoms. The number of carbonyl (C=O) groups is 4. The number of aryl methyl sites for hydroxylation is 1. The first-order valence-electron chi connectivity index (χ1n) is 10.3. The summed E-state index contributed by atoms with van der Waals surface area (Å²) in [6.45, 7) is 3.68. The lowest BCUT2D eigenvalue weighted by Crippen LogP contribution is -2.54.